The Morgan fingerprint density at radius 3 is 2.62 bits per heavy atom. The fraction of sp³-hybridized carbons (Fsp3) is 0.458. The number of nitrogens with zero attached hydrogens (tertiary/aromatic N) is 3. The fourth-order valence-electron chi connectivity index (χ4n) is 4.54. The van der Waals surface area contributed by atoms with Gasteiger partial charge >= 0.3 is 12.1 Å². The maximum Gasteiger partial charge on any atom is 0.411 e. The SMILES string of the molecule is CC(C)(C)OC(=O)N1CCN(C2c3ccc(Cl)cc3CCc3cccnc32)CC1C(=O)O. The van der Waals surface area contributed by atoms with Crippen molar-refractivity contribution in [3.8, 4) is 0 Å². The van der Waals surface area contributed by atoms with Crippen LogP contribution in [0.15, 0.2) is 36.5 Å². The number of halogens is 1. The normalized spacial score (nSPS) is 21.3. The van der Waals surface area contributed by atoms with Crippen molar-refractivity contribution in [1.82, 2.24) is 14.8 Å². The van der Waals surface area contributed by atoms with Gasteiger partial charge in [-0.1, -0.05) is 23.7 Å². The van der Waals surface area contributed by atoms with Gasteiger partial charge in [0.25, 0.3) is 0 Å². The van der Waals surface area contributed by atoms with Gasteiger partial charge < -0.3 is 9.84 Å². The molecular weight excluding hydrogens is 430 g/mol. The highest BCUT2D eigenvalue weighted by atomic mass is 35.5. The summed E-state index contributed by atoms with van der Waals surface area (Å²) in [6.45, 7) is 6.25. The van der Waals surface area contributed by atoms with Crippen LogP contribution in [0, 0.1) is 0 Å². The van der Waals surface area contributed by atoms with E-state index in [1.54, 1.807) is 27.0 Å². The van der Waals surface area contributed by atoms with Crippen LogP contribution >= 0.6 is 11.6 Å². The van der Waals surface area contributed by atoms with E-state index in [1.807, 2.05) is 24.3 Å². The van der Waals surface area contributed by atoms with Crippen molar-refractivity contribution >= 4 is 23.7 Å². The van der Waals surface area contributed by atoms with E-state index in [4.69, 9.17) is 21.3 Å². The van der Waals surface area contributed by atoms with Gasteiger partial charge in [0.15, 0.2) is 0 Å². The van der Waals surface area contributed by atoms with Crippen molar-refractivity contribution in [2.45, 2.75) is 51.3 Å². The maximum absolute atomic E-state index is 12.7. The number of hydrogen-bond donors (Lipinski definition) is 1. The van der Waals surface area contributed by atoms with Crippen LogP contribution in [0.5, 0.6) is 0 Å². The molecule has 1 fully saturated rings. The van der Waals surface area contributed by atoms with E-state index >= 15 is 0 Å². The smallest absolute Gasteiger partial charge is 0.411 e. The maximum atomic E-state index is 12.7. The average molecular weight is 458 g/mol. The third-order valence-corrected chi connectivity index (χ3v) is 6.17. The Morgan fingerprint density at radius 1 is 1.16 bits per heavy atom. The first-order chi connectivity index (χ1) is 15.1. The molecule has 0 radical (unpaired) electrons. The molecule has 7 nitrogen and oxygen atoms in total. The third kappa shape index (κ3) is 4.59. The van der Waals surface area contributed by atoms with E-state index in [0.717, 1.165) is 35.2 Å². The van der Waals surface area contributed by atoms with E-state index < -0.39 is 23.7 Å². The van der Waals surface area contributed by atoms with Gasteiger partial charge in [-0.05, 0) is 68.5 Å². The second kappa shape index (κ2) is 8.71. The minimum atomic E-state index is -1.05. The second-order valence-electron chi connectivity index (χ2n) is 9.32. The number of carboxylic acids is 1. The zero-order chi connectivity index (χ0) is 23.0. The number of amides is 1. The molecule has 2 heterocycles. The second-order valence-corrected chi connectivity index (χ2v) is 9.75. The summed E-state index contributed by atoms with van der Waals surface area (Å²) in [4.78, 5) is 33.0. The van der Waals surface area contributed by atoms with E-state index in [-0.39, 0.29) is 19.1 Å². The molecular formula is C24H28ClN3O4. The molecule has 8 heteroatoms. The van der Waals surface area contributed by atoms with Crippen LogP contribution in [-0.2, 0) is 22.4 Å². The van der Waals surface area contributed by atoms with Gasteiger partial charge in [-0.15, -0.1) is 0 Å². The number of aromatic nitrogens is 1. The lowest BCUT2D eigenvalue weighted by molar-refractivity contribution is -0.146. The number of hydrogen-bond acceptors (Lipinski definition) is 5. The molecule has 1 aliphatic carbocycles. The Balaban J connectivity index is 1.70. The highest BCUT2D eigenvalue weighted by Crippen LogP contribution is 2.37. The van der Waals surface area contributed by atoms with Gasteiger partial charge in [0, 0.05) is 30.9 Å². The number of piperazine rings is 1. The van der Waals surface area contributed by atoms with E-state index in [1.165, 1.54) is 4.90 Å². The van der Waals surface area contributed by atoms with Crippen LogP contribution in [-0.4, -0.2) is 63.2 Å². The average Bonchev–Trinajstić information content (AvgIpc) is 2.88. The Kier molecular flexibility index (Phi) is 6.14. The van der Waals surface area contributed by atoms with Crippen molar-refractivity contribution in [2.75, 3.05) is 19.6 Å². The van der Waals surface area contributed by atoms with Crippen LogP contribution in [0.3, 0.4) is 0 Å². The summed E-state index contributed by atoms with van der Waals surface area (Å²) in [5.74, 6) is -1.05. The monoisotopic (exact) mass is 457 g/mol. The number of benzene rings is 1. The number of aliphatic carboxylic acids is 1. The molecule has 0 saturated carbocycles. The molecule has 2 aliphatic rings. The molecule has 0 bridgehead atoms. The lowest BCUT2D eigenvalue weighted by Crippen LogP contribution is -2.59. The zero-order valence-electron chi connectivity index (χ0n) is 18.5. The van der Waals surface area contributed by atoms with Crippen molar-refractivity contribution in [3.05, 3.63) is 63.9 Å². The number of pyridine rings is 1. The number of aryl methyl sites for hydroxylation is 2. The Bertz CT molecular complexity index is 1040. The van der Waals surface area contributed by atoms with E-state index in [9.17, 15) is 14.7 Å². The molecule has 2 atom stereocenters. The summed E-state index contributed by atoms with van der Waals surface area (Å²) >= 11 is 6.28. The lowest BCUT2D eigenvalue weighted by Gasteiger charge is -2.43. The Labute approximate surface area is 192 Å². The number of carbonyl (C=O) groups is 2. The molecule has 170 valence electrons. The third-order valence-electron chi connectivity index (χ3n) is 5.94. The van der Waals surface area contributed by atoms with Crippen LogP contribution < -0.4 is 0 Å². The molecule has 1 aliphatic heterocycles. The lowest BCUT2D eigenvalue weighted by atomic mass is 9.95. The van der Waals surface area contributed by atoms with Crippen LogP contribution in [0.25, 0.3) is 0 Å². The standard InChI is InChI=1S/C24H28ClN3O4/c1-24(2,3)32-23(31)28-12-11-27(14-19(28)22(29)30)21-18-9-8-17(25)13-16(18)7-6-15-5-4-10-26-20(15)21/h4-5,8-10,13,19,21H,6-7,11-12,14H2,1-3H3,(H,29,30). The number of fused-ring (bicyclic) bond motifs is 2. The molecule has 32 heavy (non-hydrogen) atoms. The first-order valence-electron chi connectivity index (χ1n) is 10.8. The Hall–Kier alpha value is -2.64. The topological polar surface area (TPSA) is 83.0 Å². The molecule has 2 unspecified atom stereocenters. The summed E-state index contributed by atoms with van der Waals surface area (Å²) < 4.78 is 5.46. The van der Waals surface area contributed by atoms with Gasteiger partial charge in [-0.2, -0.15) is 0 Å². The minimum absolute atomic E-state index is 0.178. The predicted molar refractivity (Wildman–Crippen MR) is 121 cm³/mol. The number of carbonyl (C=O) groups excluding carboxylic acids is 1. The quantitative estimate of drug-likeness (QED) is 0.735. The van der Waals surface area contributed by atoms with Gasteiger partial charge in [0.1, 0.15) is 11.6 Å². The summed E-state index contributed by atoms with van der Waals surface area (Å²) in [6.07, 6.45) is 2.85. The van der Waals surface area contributed by atoms with Crippen LogP contribution in [0.2, 0.25) is 5.02 Å². The largest absolute Gasteiger partial charge is 0.480 e. The van der Waals surface area contributed by atoms with E-state index in [2.05, 4.69) is 11.0 Å². The van der Waals surface area contributed by atoms with Crippen molar-refractivity contribution in [2.24, 2.45) is 0 Å². The fourth-order valence-corrected chi connectivity index (χ4v) is 4.74. The van der Waals surface area contributed by atoms with Crippen molar-refractivity contribution < 1.29 is 19.4 Å². The molecule has 4 rings (SSSR count). The predicted octanol–water partition coefficient (Wildman–Crippen LogP) is 3.93. The summed E-state index contributed by atoms with van der Waals surface area (Å²) in [5.41, 5.74) is 3.61. The molecule has 1 N–H and O–H groups in total. The van der Waals surface area contributed by atoms with Crippen molar-refractivity contribution in [1.29, 1.82) is 0 Å². The van der Waals surface area contributed by atoms with Gasteiger partial charge in [0.05, 0.1) is 11.7 Å². The first-order valence-corrected chi connectivity index (χ1v) is 11.2. The number of ether oxygens (including phenoxy) is 1. The zero-order valence-corrected chi connectivity index (χ0v) is 19.3. The van der Waals surface area contributed by atoms with Gasteiger partial charge in [0.2, 0.25) is 0 Å². The highest BCUT2D eigenvalue weighted by molar-refractivity contribution is 6.30. The van der Waals surface area contributed by atoms with Crippen molar-refractivity contribution in [3.63, 3.8) is 0 Å². The van der Waals surface area contributed by atoms with Crippen LogP contribution in [0.4, 0.5) is 4.79 Å². The first kappa shape index (κ1) is 22.6. The minimum Gasteiger partial charge on any atom is -0.480 e. The molecule has 0 spiro atoms. The summed E-state index contributed by atoms with van der Waals surface area (Å²) in [6, 6.07) is 8.66. The molecule has 1 amide bonds. The van der Waals surface area contributed by atoms with Gasteiger partial charge in [-0.3, -0.25) is 14.8 Å². The number of carboxylic acid groups (broad SMARTS) is 1. The molecule has 1 aromatic carbocycles. The van der Waals surface area contributed by atoms with Crippen LogP contribution in [0.1, 0.15) is 49.2 Å². The molecule has 1 aromatic heterocycles. The summed E-state index contributed by atoms with van der Waals surface area (Å²) in [7, 11) is 0. The molecule has 1 saturated heterocycles. The molecule has 2 aromatic rings. The van der Waals surface area contributed by atoms with Gasteiger partial charge in [-0.25, -0.2) is 9.59 Å². The Morgan fingerprint density at radius 2 is 1.91 bits per heavy atom. The highest BCUT2D eigenvalue weighted by Gasteiger charge is 2.41. The number of rotatable bonds is 2. The van der Waals surface area contributed by atoms with E-state index in [0.29, 0.717) is 11.6 Å². The summed E-state index contributed by atoms with van der Waals surface area (Å²) in [5, 5.41) is 10.6.